The van der Waals surface area contributed by atoms with Crippen molar-refractivity contribution in [3.63, 3.8) is 0 Å². The van der Waals surface area contributed by atoms with Crippen LogP contribution in [-0.2, 0) is 15.6 Å². The van der Waals surface area contributed by atoms with Gasteiger partial charge in [0, 0.05) is 5.39 Å². The SMILES string of the molecule is CC(C)S(=O)(=O)Cc1cc2cccc(N)c2o1. The third-order valence-corrected chi connectivity index (χ3v) is 4.81. The van der Waals surface area contributed by atoms with Crippen molar-refractivity contribution in [3.8, 4) is 0 Å². The number of para-hydroxylation sites is 1. The van der Waals surface area contributed by atoms with Gasteiger partial charge in [0.1, 0.15) is 11.5 Å². The first-order valence-corrected chi connectivity index (χ1v) is 7.10. The van der Waals surface area contributed by atoms with E-state index in [2.05, 4.69) is 0 Å². The van der Waals surface area contributed by atoms with Gasteiger partial charge in [-0.15, -0.1) is 0 Å². The number of hydrogen-bond acceptors (Lipinski definition) is 4. The first-order valence-electron chi connectivity index (χ1n) is 5.38. The van der Waals surface area contributed by atoms with Gasteiger partial charge in [-0.25, -0.2) is 8.42 Å². The first-order chi connectivity index (χ1) is 7.90. The van der Waals surface area contributed by atoms with Gasteiger partial charge >= 0.3 is 0 Å². The van der Waals surface area contributed by atoms with Crippen molar-refractivity contribution in [2.45, 2.75) is 24.9 Å². The molecule has 2 aromatic rings. The molecule has 0 aliphatic heterocycles. The summed E-state index contributed by atoms with van der Waals surface area (Å²) in [5.41, 5.74) is 6.83. The van der Waals surface area contributed by atoms with Crippen LogP contribution < -0.4 is 5.73 Å². The van der Waals surface area contributed by atoms with Crippen molar-refractivity contribution < 1.29 is 12.8 Å². The molecule has 92 valence electrons. The van der Waals surface area contributed by atoms with Gasteiger partial charge in [0.15, 0.2) is 15.4 Å². The maximum atomic E-state index is 11.8. The lowest BCUT2D eigenvalue weighted by molar-refractivity contribution is 0.551. The second-order valence-electron chi connectivity index (χ2n) is 4.33. The Morgan fingerprint density at radius 3 is 2.65 bits per heavy atom. The van der Waals surface area contributed by atoms with Crippen molar-refractivity contribution in [2.24, 2.45) is 0 Å². The van der Waals surface area contributed by atoms with Gasteiger partial charge in [-0.3, -0.25) is 0 Å². The van der Waals surface area contributed by atoms with Crippen molar-refractivity contribution in [3.05, 3.63) is 30.0 Å². The molecule has 1 heterocycles. The van der Waals surface area contributed by atoms with Gasteiger partial charge in [0.25, 0.3) is 0 Å². The third-order valence-electron chi connectivity index (χ3n) is 2.69. The van der Waals surface area contributed by atoms with Gasteiger partial charge in [0.05, 0.1) is 10.9 Å². The number of rotatable bonds is 3. The minimum absolute atomic E-state index is 0.0845. The molecule has 0 spiro atoms. The van der Waals surface area contributed by atoms with Gasteiger partial charge < -0.3 is 10.2 Å². The van der Waals surface area contributed by atoms with Crippen LogP contribution in [-0.4, -0.2) is 13.7 Å². The number of sulfone groups is 1. The summed E-state index contributed by atoms with van der Waals surface area (Å²) < 4.78 is 29.0. The van der Waals surface area contributed by atoms with E-state index in [1.54, 1.807) is 26.0 Å². The summed E-state index contributed by atoms with van der Waals surface area (Å²) in [7, 11) is -3.15. The molecule has 0 unspecified atom stereocenters. The van der Waals surface area contributed by atoms with Crippen LogP contribution in [0.4, 0.5) is 5.69 Å². The number of nitrogens with two attached hydrogens (primary N) is 1. The van der Waals surface area contributed by atoms with Gasteiger partial charge in [-0.2, -0.15) is 0 Å². The quantitative estimate of drug-likeness (QED) is 0.852. The number of nitrogen functional groups attached to an aromatic ring is 1. The lowest BCUT2D eigenvalue weighted by atomic mass is 10.2. The Kier molecular flexibility index (Phi) is 2.87. The van der Waals surface area contributed by atoms with Crippen LogP contribution in [0.3, 0.4) is 0 Å². The van der Waals surface area contributed by atoms with Crippen LogP contribution in [0, 0.1) is 0 Å². The summed E-state index contributed by atoms with van der Waals surface area (Å²) in [5.74, 6) is 0.352. The molecule has 0 bridgehead atoms. The Bertz CT molecular complexity index is 641. The molecule has 1 aromatic carbocycles. The molecule has 2 N–H and O–H groups in total. The molecule has 1 aromatic heterocycles. The van der Waals surface area contributed by atoms with E-state index in [0.717, 1.165) is 5.39 Å². The predicted molar refractivity (Wildman–Crippen MR) is 68.4 cm³/mol. The van der Waals surface area contributed by atoms with E-state index in [-0.39, 0.29) is 5.75 Å². The molecule has 0 fully saturated rings. The summed E-state index contributed by atoms with van der Waals surface area (Å²) in [6, 6.07) is 7.12. The lowest BCUT2D eigenvalue weighted by Crippen LogP contribution is -2.15. The van der Waals surface area contributed by atoms with Crippen LogP contribution in [0.5, 0.6) is 0 Å². The van der Waals surface area contributed by atoms with Crippen molar-refractivity contribution >= 4 is 26.5 Å². The number of benzene rings is 1. The lowest BCUT2D eigenvalue weighted by Gasteiger charge is -2.04. The molecule has 0 atom stereocenters. The zero-order valence-electron chi connectivity index (χ0n) is 9.80. The molecule has 0 amide bonds. The zero-order chi connectivity index (χ0) is 12.6. The van der Waals surface area contributed by atoms with E-state index < -0.39 is 15.1 Å². The molecule has 0 aliphatic carbocycles. The highest BCUT2D eigenvalue weighted by Gasteiger charge is 2.19. The van der Waals surface area contributed by atoms with E-state index >= 15 is 0 Å². The molecule has 17 heavy (non-hydrogen) atoms. The van der Waals surface area contributed by atoms with Crippen LogP contribution in [0.1, 0.15) is 19.6 Å². The van der Waals surface area contributed by atoms with E-state index in [9.17, 15) is 8.42 Å². The monoisotopic (exact) mass is 253 g/mol. The van der Waals surface area contributed by atoms with Crippen LogP contribution in [0.15, 0.2) is 28.7 Å². The number of fused-ring (bicyclic) bond motifs is 1. The normalized spacial score (nSPS) is 12.4. The second kappa shape index (κ2) is 4.07. The highest BCUT2D eigenvalue weighted by molar-refractivity contribution is 7.91. The standard InChI is InChI=1S/C12H15NO3S/c1-8(2)17(14,15)7-10-6-9-4-3-5-11(13)12(9)16-10/h3-6,8H,7,13H2,1-2H3. The minimum atomic E-state index is -3.15. The van der Waals surface area contributed by atoms with E-state index in [4.69, 9.17) is 10.2 Å². The topological polar surface area (TPSA) is 73.3 Å². The van der Waals surface area contributed by atoms with Crippen molar-refractivity contribution in [2.75, 3.05) is 5.73 Å². The van der Waals surface area contributed by atoms with Gasteiger partial charge in [-0.05, 0) is 26.0 Å². The molecule has 0 saturated carbocycles. The zero-order valence-corrected chi connectivity index (χ0v) is 10.6. The van der Waals surface area contributed by atoms with Crippen LogP contribution >= 0.6 is 0 Å². The molecule has 5 heteroatoms. The molecular formula is C12H15NO3S. The minimum Gasteiger partial charge on any atom is -0.458 e. The fourth-order valence-electron chi connectivity index (χ4n) is 1.58. The maximum Gasteiger partial charge on any atom is 0.159 e. The Morgan fingerprint density at radius 1 is 1.35 bits per heavy atom. The largest absolute Gasteiger partial charge is 0.458 e. The predicted octanol–water partition coefficient (Wildman–Crippen LogP) is 2.34. The fourth-order valence-corrected chi connectivity index (χ4v) is 2.45. The van der Waals surface area contributed by atoms with Gasteiger partial charge in [-0.1, -0.05) is 12.1 Å². The third kappa shape index (κ3) is 2.29. The van der Waals surface area contributed by atoms with E-state index in [1.807, 2.05) is 12.1 Å². The molecule has 2 rings (SSSR count). The van der Waals surface area contributed by atoms with Crippen molar-refractivity contribution in [1.29, 1.82) is 0 Å². The molecule has 0 aliphatic rings. The average Bonchev–Trinajstić information content (AvgIpc) is 2.60. The smallest absolute Gasteiger partial charge is 0.159 e. The van der Waals surface area contributed by atoms with E-state index in [1.165, 1.54) is 0 Å². The molecule has 4 nitrogen and oxygen atoms in total. The molecular weight excluding hydrogens is 238 g/mol. The summed E-state index contributed by atoms with van der Waals surface area (Å²) >= 11 is 0. The van der Waals surface area contributed by atoms with E-state index in [0.29, 0.717) is 17.0 Å². The van der Waals surface area contributed by atoms with Crippen LogP contribution in [0.25, 0.3) is 11.0 Å². The summed E-state index contributed by atoms with van der Waals surface area (Å²) in [4.78, 5) is 0. The average molecular weight is 253 g/mol. The molecule has 0 saturated heterocycles. The second-order valence-corrected chi connectivity index (χ2v) is 6.89. The number of hydrogen-bond donors (Lipinski definition) is 1. The van der Waals surface area contributed by atoms with Gasteiger partial charge in [0.2, 0.25) is 0 Å². The first kappa shape index (κ1) is 12.0. The number of anilines is 1. The number of furan rings is 1. The Morgan fingerprint density at radius 2 is 2.06 bits per heavy atom. The molecule has 0 radical (unpaired) electrons. The summed E-state index contributed by atoms with van der Waals surface area (Å²) in [6.07, 6.45) is 0. The van der Waals surface area contributed by atoms with Crippen LogP contribution in [0.2, 0.25) is 0 Å². The highest BCUT2D eigenvalue weighted by atomic mass is 32.2. The maximum absolute atomic E-state index is 11.8. The van der Waals surface area contributed by atoms with Crippen molar-refractivity contribution in [1.82, 2.24) is 0 Å². The summed E-state index contributed by atoms with van der Waals surface area (Å²) in [5, 5.41) is 0.423. The fraction of sp³-hybridized carbons (Fsp3) is 0.333. The Hall–Kier alpha value is -1.49. The summed E-state index contributed by atoms with van der Waals surface area (Å²) in [6.45, 7) is 3.32. The highest BCUT2D eigenvalue weighted by Crippen LogP contribution is 2.26. The Balaban J connectivity index is 2.42. The Labute approximate surface area is 100 Å².